The molecule has 1 atom stereocenters. The summed E-state index contributed by atoms with van der Waals surface area (Å²) in [6.07, 6.45) is -0.131. The lowest BCUT2D eigenvalue weighted by molar-refractivity contribution is 0.152. The summed E-state index contributed by atoms with van der Waals surface area (Å²) in [6, 6.07) is 15.6. The number of hydrogen-bond acceptors (Lipinski definition) is 3. The van der Waals surface area contributed by atoms with Crippen molar-refractivity contribution < 1.29 is 14.3 Å². The van der Waals surface area contributed by atoms with E-state index in [0.29, 0.717) is 12.2 Å². The molecule has 3 heteroatoms. The van der Waals surface area contributed by atoms with Crippen molar-refractivity contribution in [2.45, 2.75) is 19.4 Å². The zero-order chi connectivity index (χ0) is 14.8. The molecule has 2 aromatic carbocycles. The molecule has 0 bridgehead atoms. The van der Waals surface area contributed by atoms with Crippen LogP contribution < -0.4 is 4.74 Å². The van der Waals surface area contributed by atoms with Crippen LogP contribution in [-0.4, -0.2) is 12.2 Å². The van der Waals surface area contributed by atoms with E-state index in [9.17, 15) is 5.11 Å². The topological polar surface area (TPSA) is 42.6 Å². The molecule has 0 saturated carbocycles. The number of hydrogen-bond donors (Lipinski definition) is 1. The van der Waals surface area contributed by atoms with Crippen LogP contribution in [0.1, 0.15) is 23.0 Å². The number of para-hydroxylation sites is 1. The first-order valence-corrected chi connectivity index (χ1v) is 6.97. The lowest BCUT2D eigenvalue weighted by atomic mass is 10.1. The zero-order valence-corrected chi connectivity index (χ0v) is 12.2. The summed E-state index contributed by atoms with van der Waals surface area (Å²) >= 11 is 0. The normalized spacial score (nSPS) is 12.5. The Morgan fingerprint density at radius 2 is 1.90 bits per heavy atom. The van der Waals surface area contributed by atoms with E-state index >= 15 is 0 Å². The van der Waals surface area contributed by atoms with Crippen LogP contribution in [0, 0.1) is 6.92 Å². The van der Waals surface area contributed by atoms with E-state index in [4.69, 9.17) is 9.15 Å². The summed E-state index contributed by atoms with van der Waals surface area (Å²) < 4.78 is 10.9. The summed E-state index contributed by atoms with van der Waals surface area (Å²) in [5.41, 5.74) is 2.97. The third-order valence-corrected chi connectivity index (χ3v) is 3.68. The van der Waals surface area contributed by atoms with Crippen LogP contribution in [0.5, 0.6) is 5.75 Å². The summed E-state index contributed by atoms with van der Waals surface area (Å²) in [6.45, 7) is 2.01. The molecule has 21 heavy (non-hydrogen) atoms. The van der Waals surface area contributed by atoms with Crippen LogP contribution in [0.15, 0.2) is 52.9 Å². The number of rotatable bonds is 4. The fourth-order valence-electron chi connectivity index (χ4n) is 2.48. The van der Waals surface area contributed by atoms with Gasteiger partial charge in [0, 0.05) is 11.8 Å². The Kier molecular flexibility index (Phi) is 3.67. The first kappa shape index (κ1) is 13.7. The number of ether oxygens (including phenoxy) is 1. The Hall–Kier alpha value is -2.26. The van der Waals surface area contributed by atoms with Crippen molar-refractivity contribution in [1.29, 1.82) is 0 Å². The number of furan rings is 1. The fraction of sp³-hybridized carbons (Fsp3) is 0.222. The third kappa shape index (κ3) is 2.78. The minimum Gasteiger partial charge on any atom is -0.497 e. The Morgan fingerprint density at radius 1 is 1.14 bits per heavy atom. The number of aryl methyl sites for hydroxylation is 1. The van der Waals surface area contributed by atoms with E-state index < -0.39 is 6.10 Å². The standard InChI is InChI=1S/C18H18O3/c1-12-4-3-5-14-11-17(21-18(12)14)16(19)10-13-6-8-15(20-2)9-7-13/h3-9,11,16,19H,10H2,1-2H3. The zero-order valence-electron chi connectivity index (χ0n) is 12.2. The molecular formula is C18H18O3. The van der Waals surface area contributed by atoms with E-state index in [2.05, 4.69) is 0 Å². The Balaban J connectivity index is 1.82. The van der Waals surface area contributed by atoms with E-state index in [1.165, 1.54) is 0 Å². The highest BCUT2D eigenvalue weighted by Gasteiger charge is 2.15. The van der Waals surface area contributed by atoms with Crippen molar-refractivity contribution in [1.82, 2.24) is 0 Å². The van der Waals surface area contributed by atoms with E-state index in [0.717, 1.165) is 27.8 Å². The Bertz CT molecular complexity index is 741. The predicted octanol–water partition coefficient (Wildman–Crippen LogP) is 4.03. The van der Waals surface area contributed by atoms with Gasteiger partial charge in [-0.25, -0.2) is 0 Å². The highest BCUT2D eigenvalue weighted by molar-refractivity contribution is 5.80. The van der Waals surface area contributed by atoms with Crippen molar-refractivity contribution in [3.8, 4) is 5.75 Å². The van der Waals surface area contributed by atoms with Gasteiger partial charge in [0.2, 0.25) is 0 Å². The summed E-state index contributed by atoms with van der Waals surface area (Å²) in [4.78, 5) is 0. The lowest BCUT2D eigenvalue weighted by Crippen LogP contribution is -2.00. The van der Waals surface area contributed by atoms with Gasteiger partial charge in [-0.05, 0) is 36.2 Å². The van der Waals surface area contributed by atoms with Crippen molar-refractivity contribution in [2.24, 2.45) is 0 Å². The molecule has 1 aromatic heterocycles. The summed E-state index contributed by atoms with van der Waals surface area (Å²) in [5, 5.41) is 11.4. The monoisotopic (exact) mass is 282 g/mol. The second-order valence-electron chi connectivity index (χ2n) is 5.21. The van der Waals surface area contributed by atoms with Gasteiger partial charge in [-0.3, -0.25) is 0 Å². The first-order chi connectivity index (χ1) is 10.2. The van der Waals surface area contributed by atoms with Crippen LogP contribution >= 0.6 is 0 Å². The van der Waals surface area contributed by atoms with Gasteiger partial charge in [0.25, 0.3) is 0 Å². The van der Waals surface area contributed by atoms with E-state index in [1.54, 1.807) is 7.11 Å². The lowest BCUT2D eigenvalue weighted by Gasteiger charge is -2.08. The van der Waals surface area contributed by atoms with E-state index in [-0.39, 0.29) is 0 Å². The largest absolute Gasteiger partial charge is 0.497 e. The predicted molar refractivity (Wildman–Crippen MR) is 82.6 cm³/mol. The average Bonchev–Trinajstić information content (AvgIpc) is 2.94. The van der Waals surface area contributed by atoms with Crippen LogP contribution in [0.3, 0.4) is 0 Å². The van der Waals surface area contributed by atoms with Crippen LogP contribution in [0.25, 0.3) is 11.0 Å². The minimum absolute atomic E-state index is 0.517. The van der Waals surface area contributed by atoms with Gasteiger partial charge in [-0.1, -0.05) is 30.3 Å². The van der Waals surface area contributed by atoms with Gasteiger partial charge in [0.05, 0.1) is 7.11 Å². The maximum absolute atomic E-state index is 10.4. The van der Waals surface area contributed by atoms with Gasteiger partial charge in [-0.15, -0.1) is 0 Å². The quantitative estimate of drug-likeness (QED) is 0.785. The third-order valence-electron chi connectivity index (χ3n) is 3.68. The molecule has 0 amide bonds. The van der Waals surface area contributed by atoms with Gasteiger partial charge in [0.1, 0.15) is 23.2 Å². The SMILES string of the molecule is COc1ccc(CC(O)c2cc3cccc(C)c3o2)cc1. The number of benzene rings is 2. The highest BCUT2D eigenvalue weighted by atomic mass is 16.5. The molecule has 0 aliphatic heterocycles. The second kappa shape index (κ2) is 5.62. The number of aliphatic hydroxyl groups is 1. The molecule has 0 spiro atoms. The second-order valence-corrected chi connectivity index (χ2v) is 5.21. The Morgan fingerprint density at radius 3 is 2.57 bits per heavy atom. The molecule has 0 saturated heterocycles. The fourth-order valence-corrected chi connectivity index (χ4v) is 2.48. The molecule has 3 aromatic rings. The Labute approximate surface area is 123 Å². The summed E-state index contributed by atoms with van der Waals surface area (Å²) in [5.74, 6) is 1.42. The molecule has 1 N–H and O–H groups in total. The first-order valence-electron chi connectivity index (χ1n) is 6.97. The minimum atomic E-state index is -0.648. The van der Waals surface area contributed by atoms with Crippen LogP contribution in [0.4, 0.5) is 0 Å². The maximum atomic E-state index is 10.4. The molecule has 3 nitrogen and oxygen atoms in total. The molecule has 0 fully saturated rings. The highest BCUT2D eigenvalue weighted by Crippen LogP contribution is 2.28. The van der Waals surface area contributed by atoms with Crippen LogP contribution in [0.2, 0.25) is 0 Å². The molecule has 0 radical (unpaired) electrons. The molecule has 1 unspecified atom stereocenters. The van der Waals surface area contributed by atoms with Crippen LogP contribution in [-0.2, 0) is 6.42 Å². The van der Waals surface area contributed by atoms with E-state index in [1.807, 2.05) is 55.5 Å². The van der Waals surface area contributed by atoms with Gasteiger partial charge >= 0.3 is 0 Å². The van der Waals surface area contributed by atoms with Crippen molar-refractivity contribution >= 4 is 11.0 Å². The number of fused-ring (bicyclic) bond motifs is 1. The average molecular weight is 282 g/mol. The number of methoxy groups -OCH3 is 1. The van der Waals surface area contributed by atoms with Gasteiger partial charge in [0.15, 0.2) is 0 Å². The van der Waals surface area contributed by atoms with Gasteiger partial charge < -0.3 is 14.3 Å². The molecular weight excluding hydrogens is 264 g/mol. The molecule has 0 aliphatic carbocycles. The molecule has 3 rings (SSSR count). The molecule has 108 valence electrons. The number of aliphatic hydroxyl groups excluding tert-OH is 1. The van der Waals surface area contributed by atoms with Crippen molar-refractivity contribution in [3.05, 3.63) is 65.4 Å². The van der Waals surface area contributed by atoms with Crippen molar-refractivity contribution in [2.75, 3.05) is 7.11 Å². The van der Waals surface area contributed by atoms with Gasteiger partial charge in [-0.2, -0.15) is 0 Å². The maximum Gasteiger partial charge on any atom is 0.137 e. The van der Waals surface area contributed by atoms with Crippen molar-refractivity contribution in [3.63, 3.8) is 0 Å². The smallest absolute Gasteiger partial charge is 0.137 e. The molecule has 1 heterocycles. The summed E-state index contributed by atoms with van der Waals surface area (Å²) in [7, 11) is 1.64. The molecule has 0 aliphatic rings.